The van der Waals surface area contributed by atoms with E-state index in [9.17, 15) is 14.4 Å². The molecule has 0 aromatic heterocycles. The summed E-state index contributed by atoms with van der Waals surface area (Å²) in [5.41, 5.74) is 1.80. The second-order valence-corrected chi connectivity index (χ2v) is 4.84. The van der Waals surface area contributed by atoms with Gasteiger partial charge in [-0.25, -0.2) is 4.39 Å². The Kier molecular flexibility index (Phi) is 4.93. The molecule has 0 atom stereocenters. The maximum absolute atomic E-state index is 14.5. The Bertz CT molecular complexity index is 570. The molecule has 2 N–H and O–H groups in total. The first-order chi connectivity index (χ1) is 9.65. The summed E-state index contributed by atoms with van der Waals surface area (Å²) in [5.74, 6) is -0.505. The van der Waals surface area contributed by atoms with Crippen molar-refractivity contribution in [3.05, 3.63) is 53.8 Å². The molecule has 2 aromatic carbocycles. The van der Waals surface area contributed by atoms with Gasteiger partial charge in [-0.05, 0) is 29.5 Å². The van der Waals surface area contributed by atoms with E-state index in [0.29, 0.717) is 17.5 Å². The fraction of sp³-hybridized carbons (Fsp3) is 0.250. The first-order valence-corrected chi connectivity index (χ1v) is 6.88. The van der Waals surface area contributed by atoms with Crippen molar-refractivity contribution in [2.24, 2.45) is 0 Å². The van der Waals surface area contributed by atoms with Gasteiger partial charge in [0.25, 0.3) is 0 Å². The van der Waals surface area contributed by atoms with Crippen LogP contribution in [0.5, 0.6) is 0 Å². The van der Waals surface area contributed by atoms with Gasteiger partial charge in [0.15, 0.2) is 0 Å². The highest BCUT2D eigenvalue weighted by atomic mass is 19.1. The van der Waals surface area contributed by atoms with E-state index in [0.717, 1.165) is 18.4 Å². The van der Waals surface area contributed by atoms with Crippen LogP contribution in [-0.4, -0.2) is 17.2 Å². The molecule has 2 nitrogen and oxygen atoms in total. The highest BCUT2D eigenvalue weighted by molar-refractivity contribution is 6.60. The molecule has 0 amide bonds. The summed E-state index contributed by atoms with van der Waals surface area (Å²) in [4.78, 5) is 0. The average Bonchev–Trinajstić information content (AvgIpc) is 2.46. The molecule has 20 heavy (non-hydrogen) atoms. The number of unbranched alkanes of at least 4 members (excludes halogenated alkanes) is 1. The summed E-state index contributed by atoms with van der Waals surface area (Å²) in [7, 11) is -1.81. The van der Waals surface area contributed by atoms with Gasteiger partial charge in [-0.2, -0.15) is 0 Å². The zero-order valence-corrected chi connectivity index (χ0v) is 11.5. The fourth-order valence-corrected chi connectivity index (χ4v) is 2.32. The number of hydrogen-bond donors (Lipinski definition) is 2. The molecule has 104 valence electrons. The third-order valence-corrected chi connectivity index (χ3v) is 3.40. The van der Waals surface area contributed by atoms with Crippen LogP contribution in [0.3, 0.4) is 0 Å². The van der Waals surface area contributed by atoms with Crippen molar-refractivity contribution in [1.29, 1.82) is 0 Å². The summed E-state index contributed by atoms with van der Waals surface area (Å²) >= 11 is 0. The van der Waals surface area contributed by atoms with Crippen LogP contribution in [-0.2, 0) is 6.42 Å². The molecule has 0 unspecified atom stereocenters. The second-order valence-electron chi connectivity index (χ2n) is 4.84. The summed E-state index contributed by atoms with van der Waals surface area (Å²) in [6, 6.07) is 12.7. The predicted molar refractivity (Wildman–Crippen MR) is 80.3 cm³/mol. The molecule has 2 aromatic rings. The van der Waals surface area contributed by atoms with Crippen molar-refractivity contribution < 1.29 is 14.4 Å². The van der Waals surface area contributed by atoms with Crippen molar-refractivity contribution in [2.75, 3.05) is 0 Å². The molecule has 0 saturated carbocycles. The summed E-state index contributed by atoms with van der Waals surface area (Å²) in [5, 5.41) is 19.0. The van der Waals surface area contributed by atoms with Crippen LogP contribution in [0.4, 0.5) is 4.39 Å². The third-order valence-electron chi connectivity index (χ3n) is 3.40. The molecular formula is C16H18BFO2. The molecular weight excluding hydrogens is 254 g/mol. The minimum atomic E-state index is -1.81. The van der Waals surface area contributed by atoms with Gasteiger partial charge < -0.3 is 10.0 Å². The molecule has 0 fully saturated rings. The van der Waals surface area contributed by atoms with Gasteiger partial charge in [-0.3, -0.25) is 0 Å². The Morgan fingerprint density at radius 2 is 1.75 bits per heavy atom. The van der Waals surface area contributed by atoms with Crippen LogP contribution in [0.25, 0.3) is 11.1 Å². The minimum Gasteiger partial charge on any atom is -0.423 e. The van der Waals surface area contributed by atoms with Crippen LogP contribution < -0.4 is 5.46 Å². The number of benzene rings is 2. The van der Waals surface area contributed by atoms with E-state index in [1.807, 2.05) is 37.3 Å². The van der Waals surface area contributed by atoms with Crippen molar-refractivity contribution in [3.63, 3.8) is 0 Å². The Balaban J connectivity index is 2.51. The van der Waals surface area contributed by atoms with Gasteiger partial charge in [0.2, 0.25) is 0 Å². The lowest BCUT2D eigenvalue weighted by atomic mass is 9.73. The first kappa shape index (κ1) is 14.8. The van der Waals surface area contributed by atoms with Crippen LogP contribution in [0.15, 0.2) is 42.5 Å². The number of halogens is 1. The van der Waals surface area contributed by atoms with E-state index in [2.05, 4.69) is 0 Å². The molecule has 0 aliphatic heterocycles. The van der Waals surface area contributed by atoms with E-state index in [-0.39, 0.29) is 5.46 Å². The smallest absolute Gasteiger partial charge is 0.423 e. The molecule has 0 bridgehead atoms. The van der Waals surface area contributed by atoms with Gasteiger partial charge in [0.05, 0.1) is 0 Å². The van der Waals surface area contributed by atoms with E-state index in [4.69, 9.17) is 0 Å². The molecule has 2 rings (SSSR count). The van der Waals surface area contributed by atoms with Crippen LogP contribution in [0, 0.1) is 5.82 Å². The first-order valence-electron chi connectivity index (χ1n) is 6.88. The molecule has 0 aliphatic carbocycles. The number of rotatable bonds is 5. The van der Waals surface area contributed by atoms with Crippen molar-refractivity contribution in [2.45, 2.75) is 26.2 Å². The van der Waals surface area contributed by atoms with E-state index >= 15 is 0 Å². The summed E-state index contributed by atoms with van der Waals surface area (Å²) in [6.07, 6.45) is 2.45. The lowest BCUT2D eigenvalue weighted by molar-refractivity contribution is 0.423. The molecule has 4 heteroatoms. The highest BCUT2D eigenvalue weighted by Crippen LogP contribution is 2.21. The van der Waals surface area contributed by atoms with Crippen LogP contribution in [0.2, 0.25) is 0 Å². The van der Waals surface area contributed by atoms with E-state index in [1.165, 1.54) is 0 Å². The van der Waals surface area contributed by atoms with E-state index in [1.54, 1.807) is 12.1 Å². The van der Waals surface area contributed by atoms with Gasteiger partial charge in [0.1, 0.15) is 5.82 Å². The van der Waals surface area contributed by atoms with Crippen LogP contribution >= 0.6 is 0 Å². The van der Waals surface area contributed by atoms with E-state index < -0.39 is 12.9 Å². The summed E-state index contributed by atoms with van der Waals surface area (Å²) in [6.45, 7) is 2.04. The molecule has 0 aliphatic rings. The van der Waals surface area contributed by atoms with Crippen molar-refractivity contribution in [1.82, 2.24) is 0 Å². The van der Waals surface area contributed by atoms with Crippen molar-refractivity contribution >= 4 is 12.6 Å². The monoisotopic (exact) mass is 272 g/mol. The largest absolute Gasteiger partial charge is 0.492 e. The molecule has 0 spiro atoms. The summed E-state index contributed by atoms with van der Waals surface area (Å²) < 4.78 is 14.5. The topological polar surface area (TPSA) is 40.5 Å². The normalized spacial score (nSPS) is 10.6. The standard InChI is InChI=1S/C16H18BFO2/c1-2-3-7-13-10-11-14(12-8-5-4-6-9-12)15(16(13)18)17(19)20/h4-6,8-11,19-20H,2-3,7H2,1H3. The zero-order chi connectivity index (χ0) is 14.5. The van der Waals surface area contributed by atoms with Gasteiger partial charge >= 0.3 is 7.12 Å². The Hall–Kier alpha value is -1.65. The minimum absolute atomic E-state index is 0.0372. The lowest BCUT2D eigenvalue weighted by Gasteiger charge is -2.13. The number of aryl methyl sites for hydroxylation is 1. The maximum atomic E-state index is 14.5. The highest BCUT2D eigenvalue weighted by Gasteiger charge is 2.23. The second kappa shape index (κ2) is 6.68. The SMILES string of the molecule is CCCCc1ccc(-c2ccccc2)c(B(O)O)c1F. The van der Waals surface area contributed by atoms with Gasteiger partial charge in [-0.1, -0.05) is 55.8 Å². The van der Waals surface area contributed by atoms with Gasteiger partial charge in [0, 0.05) is 5.46 Å². The number of hydrogen-bond acceptors (Lipinski definition) is 2. The maximum Gasteiger partial charge on any atom is 0.492 e. The van der Waals surface area contributed by atoms with Crippen molar-refractivity contribution in [3.8, 4) is 11.1 Å². The molecule has 0 radical (unpaired) electrons. The Labute approximate surface area is 119 Å². The van der Waals surface area contributed by atoms with Gasteiger partial charge in [-0.15, -0.1) is 0 Å². The molecule has 0 saturated heterocycles. The fourth-order valence-electron chi connectivity index (χ4n) is 2.32. The quantitative estimate of drug-likeness (QED) is 0.821. The van der Waals surface area contributed by atoms with Crippen LogP contribution in [0.1, 0.15) is 25.3 Å². The molecule has 0 heterocycles. The third kappa shape index (κ3) is 3.08. The Morgan fingerprint density at radius 1 is 1.05 bits per heavy atom. The Morgan fingerprint density at radius 3 is 2.35 bits per heavy atom. The lowest BCUT2D eigenvalue weighted by Crippen LogP contribution is -2.35. The predicted octanol–water partition coefficient (Wildman–Crippen LogP) is 2.52. The average molecular weight is 272 g/mol. The zero-order valence-electron chi connectivity index (χ0n) is 11.5.